The predicted molar refractivity (Wildman–Crippen MR) is 60.8 cm³/mol. The van der Waals surface area contributed by atoms with E-state index in [1.54, 1.807) is 11.8 Å². The van der Waals surface area contributed by atoms with Crippen molar-refractivity contribution in [2.24, 2.45) is 11.5 Å². The van der Waals surface area contributed by atoms with Crippen LogP contribution < -0.4 is 11.5 Å². The minimum atomic E-state index is -0.976. The Kier molecular flexibility index (Phi) is 7.37. The monoisotopic (exact) mass is 234 g/mol. The number of ketones is 1. The number of nitrogens with two attached hydrogens (primary N) is 2. The lowest BCUT2D eigenvalue weighted by Gasteiger charge is -2.08. The van der Waals surface area contributed by atoms with Crippen LogP contribution in [0, 0.1) is 0 Å². The summed E-state index contributed by atoms with van der Waals surface area (Å²) in [4.78, 5) is 21.1. The zero-order valence-corrected chi connectivity index (χ0v) is 9.63. The van der Waals surface area contributed by atoms with E-state index in [-0.39, 0.29) is 5.78 Å². The van der Waals surface area contributed by atoms with E-state index in [9.17, 15) is 9.59 Å². The fourth-order valence-electron chi connectivity index (χ4n) is 0.849. The Morgan fingerprint density at radius 1 is 1.20 bits per heavy atom. The molecule has 0 rings (SSSR count). The highest BCUT2D eigenvalue weighted by molar-refractivity contribution is 7.99. The molecule has 2 atom stereocenters. The summed E-state index contributed by atoms with van der Waals surface area (Å²) >= 11 is 1.57. The molecule has 0 aromatic rings. The van der Waals surface area contributed by atoms with Gasteiger partial charge in [0.15, 0.2) is 0 Å². The summed E-state index contributed by atoms with van der Waals surface area (Å²) in [6, 6.07) is -1.19. The molecule has 88 valence electrons. The summed E-state index contributed by atoms with van der Waals surface area (Å²) in [6.07, 6.45) is 1.07. The Labute approximate surface area is 93.6 Å². The van der Waals surface area contributed by atoms with Crippen molar-refractivity contribution in [1.82, 2.24) is 0 Å². The summed E-state index contributed by atoms with van der Waals surface area (Å²) in [6.45, 7) is 1.47. The van der Waals surface area contributed by atoms with Crippen LogP contribution in [-0.2, 0) is 9.59 Å². The topological polar surface area (TPSA) is 106 Å². The van der Waals surface area contributed by atoms with Crippen molar-refractivity contribution >= 4 is 23.5 Å². The highest BCUT2D eigenvalue weighted by atomic mass is 32.2. The van der Waals surface area contributed by atoms with Crippen molar-refractivity contribution in [1.29, 1.82) is 0 Å². The van der Waals surface area contributed by atoms with Gasteiger partial charge in [0.05, 0.1) is 6.04 Å². The third kappa shape index (κ3) is 7.35. The molecule has 0 heterocycles. The Hall–Kier alpha value is -0.590. The zero-order valence-electron chi connectivity index (χ0n) is 8.81. The van der Waals surface area contributed by atoms with Crippen molar-refractivity contribution in [3.63, 3.8) is 0 Å². The standard InChI is InChI=1S/C9H18N2O3S/c1-6(12)7(10)2-4-15-5-3-8(11)9(13)14/h7-8H,2-5,10-11H2,1H3,(H,13,14)/t7-,8-/m0/s1. The van der Waals surface area contributed by atoms with Crippen LogP contribution in [0.3, 0.4) is 0 Å². The van der Waals surface area contributed by atoms with E-state index < -0.39 is 18.1 Å². The molecule has 0 aliphatic heterocycles. The van der Waals surface area contributed by atoms with Crippen LogP contribution in [0.2, 0.25) is 0 Å². The molecule has 0 bridgehead atoms. The average molecular weight is 234 g/mol. The fourth-order valence-corrected chi connectivity index (χ4v) is 1.89. The molecule has 0 aromatic carbocycles. The smallest absolute Gasteiger partial charge is 0.320 e. The van der Waals surface area contributed by atoms with Crippen LogP contribution in [0.1, 0.15) is 19.8 Å². The number of hydrogen-bond donors (Lipinski definition) is 3. The lowest BCUT2D eigenvalue weighted by atomic mass is 10.2. The van der Waals surface area contributed by atoms with Crippen LogP contribution in [0.25, 0.3) is 0 Å². The number of Topliss-reactive ketones (excluding diaryl/α,β-unsaturated/α-hetero) is 1. The van der Waals surface area contributed by atoms with Crippen LogP contribution in [0.15, 0.2) is 0 Å². The second kappa shape index (κ2) is 7.67. The Balaban J connectivity index is 3.40. The summed E-state index contributed by atoms with van der Waals surface area (Å²) in [5.74, 6) is 0.444. The minimum absolute atomic E-state index is 0.0159. The first-order valence-electron chi connectivity index (χ1n) is 4.77. The van der Waals surface area contributed by atoms with E-state index in [4.69, 9.17) is 16.6 Å². The van der Waals surface area contributed by atoms with E-state index in [2.05, 4.69) is 0 Å². The minimum Gasteiger partial charge on any atom is -0.480 e. The first-order valence-corrected chi connectivity index (χ1v) is 5.92. The molecule has 5 nitrogen and oxygen atoms in total. The maximum atomic E-state index is 10.8. The van der Waals surface area contributed by atoms with Crippen molar-refractivity contribution in [2.75, 3.05) is 11.5 Å². The Morgan fingerprint density at radius 2 is 1.67 bits per heavy atom. The fraction of sp³-hybridized carbons (Fsp3) is 0.778. The van der Waals surface area contributed by atoms with E-state index in [0.29, 0.717) is 18.6 Å². The summed E-state index contributed by atoms with van der Waals surface area (Å²) in [5, 5.41) is 8.50. The number of rotatable bonds is 8. The van der Waals surface area contributed by atoms with E-state index in [0.717, 1.165) is 5.75 Å². The molecule has 0 aliphatic rings. The lowest BCUT2D eigenvalue weighted by molar-refractivity contribution is -0.138. The molecule has 5 N–H and O–H groups in total. The van der Waals surface area contributed by atoms with Crippen molar-refractivity contribution in [3.05, 3.63) is 0 Å². The van der Waals surface area contributed by atoms with Crippen molar-refractivity contribution in [2.45, 2.75) is 31.8 Å². The number of carbonyl (C=O) groups excluding carboxylic acids is 1. The highest BCUT2D eigenvalue weighted by Crippen LogP contribution is 2.07. The van der Waals surface area contributed by atoms with Crippen molar-refractivity contribution in [3.8, 4) is 0 Å². The zero-order chi connectivity index (χ0) is 11.8. The first kappa shape index (κ1) is 14.4. The van der Waals surface area contributed by atoms with Crippen LogP contribution in [0.5, 0.6) is 0 Å². The number of aliphatic carboxylic acids is 1. The van der Waals surface area contributed by atoms with Crippen molar-refractivity contribution < 1.29 is 14.7 Å². The number of carboxylic acids is 1. The molecule has 0 fully saturated rings. The number of carboxylic acid groups (broad SMARTS) is 1. The lowest BCUT2D eigenvalue weighted by Crippen LogP contribution is -2.31. The van der Waals surface area contributed by atoms with Gasteiger partial charge in [-0.2, -0.15) is 11.8 Å². The van der Waals surface area contributed by atoms with Crippen LogP contribution in [-0.4, -0.2) is 40.4 Å². The molecular formula is C9H18N2O3S. The second-order valence-corrected chi connectivity index (χ2v) is 4.58. The summed E-state index contributed by atoms with van der Waals surface area (Å²) < 4.78 is 0. The van der Waals surface area contributed by atoms with E-state index in [1.807, 2.05) is 0 Å². The maximum Gasteiger partial charge on any atom is 0.320 e. The Bertz CT molecular complexity index is 201. The molecule has 15 heavy (non-hydrogen) atoms. The number of thioether (sulfide) groups is 1. The second-order valence-electron chi connectivity index (χ2n) is 3.35. The quantitative estimate of drug-likeness (QED) is 0.503. The van der Waals surface area contributed by atoms with Gasteiger partial charge in [-0.15, -0.1) is 0 Å². The molecular weight excluding hydrogens is 216 g/mol. The highest BCUT2D eigenvalue weighted by Gasteiger charge is 2.11. The molecule has 0 spiro atoms. The van der Waals surface area contributed by atoms with Gasteiger partial charge in [-0.05, 0) is 31.3 Å². The van der Waals surface area contributed by atoms with Gasteiger partial charge in [-0.1, -0.05) is 0 Å². The van der Waals surface area contributed by atoms with Gasteiger partial charge in [0.1, 0.15) is 11.8 Å². The van der Waals surface area contributed by atoms with E-state index in [1.165, 1.54) is 6.92 Å². The molecule has 0 amide bonds. The predicted octanol–water partition coefficient (Wildman–Crippen LogP) is -0.172. The average Bonchev–Trinajstić information content (AvgIpc) is 2.16. The normalized spacial score (nSPS) is 14.6. The maximum absolute atomic E-state index is 10.8. The summed E-state index contributed by atoms with van der Waals surface area (Å²) in [7, 11) is 0. The SMILES string of the molecule is CC(=O)[C@@H](N)CCSCC[C@H](N)C(=O)O. The van der Waals surface area contributed by atoms with Gasteiger partial charge >= 0.3 is 5.97 Å². The third-order valence-electron chi connectivity index (χ3n) is 1.99. The van der Waals surface area contributed by atoms with Crippen LogP contribution >= 0.6 is 11.8 Å². The third-order valence-corrected chi connectivity index (χ3v) is 3.03. The molecule has 0 saturated heterocycles. The largest absolute Gasteiger partial charge is 0.480 e. The summed E-state index contributed by atoms with van der Waals surface area (Å²) in [5.41, 5.74) is 10.8. The Morgan fingerprint density at radius 3 is 2.07 bits per heavy atom. The van der Waals surface area contributed by atoms with Gasteiger partial charge in [-0.3, -0.25) is 9.59 Å². The molecule has 6 heteroatoms. The molecule has 0 aliphatic carbocycles. The van der Waals surface area contributed by atoms with E-state index >= 15 is 0 Å². The van der Waals surface area contributed by atoms with Crippen LogP contribution in [0.4, 0.5) is 0 Å². The van der Waals surface area contributed by atoms with Gasteiger partial charge in [0.2, 0.25) is 0 Å². The molecule has 0 radical (unpaired) electrons. The van der Waals surface area contributed by atoms with Gasteiger partial charge in [0.25, 0.3) is 0 Å². The van der Waals surface area contributed by atoms with Gasteiger partial charge in [0, 0.05) is 0 Å². The number of carbonyl (C=O) groups is 2. The first-order chi connectivity index (χ1) is 6.95. The molecule has 0 unspecified atom stereocenters. The molecule has 0 aromatic heterocycles. The van der Waals surface area contributed by atoms with Gasteiger partial charge < -0.3 is 16.6 Å². The number of hydrogen-bond acceptors (Lipinski definition) is 5. The molecule has 0 saturated carbocycles. The van der Waals surface area contributed by atoms with Gasteiger partial charge in [-0.25, -0.2) is 0 Å².